The highest BCUT2D eigenvalue weighted by atomic mass is 35.5. The second-order valence-electron chi connectivity index (χ2n) is 5.45. The predicted molar refractivity (Wildman–Crippen MR) is 83.7 cm³/mol. The number of nitro groups is 1. The van der Waals surface area contributed by atoms with E-state index in [2.05, 4.69) is 12.1 Å². The van der Waals surface area contributed by atoms with Gasteiger partial charge in [-0.05, 0) is 23.3 Å². The van der Waals surface area contributed by atoms with Gasteiger partial charge in [0.05, 0.1) is 17.1 Å². The Morgan fingerprint density at radius 1 is 0.957 bits per heavy atom. The second-order valence-corrected chi connectivity index (χ2v) is 5.88. The number of non-ortho nitro benzene ring substituents is 1. The summed E-state index contributed by atoms with van der Waals surface area (Å²) in [5.41, 5.74) is 0.445. The fraction of sp³-hybridized carbons (Fsp3) is 0.176. The SMILES string of the molecule is N#CC1(C#N)[C@@H](c2ccc(Cl)cc2)[C@@H]1c1ccc([N+](=O)[O-])cc1. The molecule has 0 spiro atoms. The molecule has 0 aliphatic heterocycles. The van der Waals surface area contributed by atoms with E-state index in [0.717, 1.165) is 11.1 Å². The van der Waals surface area contributed by atoms with E-state index in [1.807, 2.05) is 12.1 Å². The fourth-order valence-corrected chi connectivity index (χ4v) is 3.20. The maximum Gasteiger partial charge on any atom is 0.269 e. The standard InChI is InChI=1S/C17H10ClN3O2/c18-13-5-1-11(2-6-13)15-16(17(15,9-19)10-20)12-3-7-14(8-4-12)21(22)23/h1-8,15-16H/t15-,16-/m0/s1. The smallest absolute Gasteiger partial charge is 0.258 e. The molecule has 1 aliphatic carbocycles. The van der Waals surface area contributed by atoms with E-state index in [-0.39, 0.29) is 17.5 Å². The van der Waals surface area contributed by atoms with Gasteiger partial charge in [0.25, 0.3) is 5.69 Å². The van der Waals surface area contributed by atoms with Gasteiger partial charge in [-0.3, -0.25) is 10.1 Å². The van der Waals surface area contributed by atoms with Crippen molar-refractivity contribution in [2.75, 3.05) is 0 Å². The highest BCUT2D eigenvalue weighted by Crippen LogP contribution is 2.69. The molecular formula is C17H10ClN3O2. The molecule has 2 aromatic rings. The highest BCUT2D eigenvalue weighted by molar-refractivity contribution is 6.30. The van der Waals surface area contributed by atoms with Gasteiger partial charge in [-0.1, -0.05) is 35.9 Å². The number of benzene rings is 2. The van der Waals surface area contributed by atoms with Crippen molar-refractivity contribution in [3.63, 3.8) is 0 Å². The third kappa shape index (κ3) is 2.32. The molecule has 0 unspecified atom stereocenters. The molecule has 23 heavy (non-hydrogen) atoms. The van der Waals surface area contributed by atoms with Crippen LogP contribution in [-0.2, 0) is 0 Å². The highest BCUT2D eigenvalue weighted by Gasteiger charge is 2.67. The first kappa shape index (κ1) is 15.0. The molecular weight excluding hydrogens is 314 g/mol. The molecule has 0 radical (unpaired) electrons. The summed E-state index contributed by atoms with van der Waals surface area (Å²) in [6.45, 7) is 0. The van der Waals surface area contributed by atoms with Gasteiger partial charge in [-0.25, -0.2) is 0 Å². The van der Waals surface area contributed by atoms with Crippen LogP contribution in [0.5, 0.6) is 0 Å². The summed E-state index contributed by atoms with van der Waals surface area (Å²) in [5, 5.41) is 30.3. The van der Waals surface area contributed by atoms with Crippen molar-refractivity contribution in [3.05, 3.63) is 74.8 Å². The molecule has 0 amide bonds. The molecule has 6 heteroatoms. The summed E-state index contributed by atoms with van der Waals surface area (Å²) in [6.07, 6.45) is 0. The van der Waals surface area contributed by atoms with E-state index in [1.165, 1.54) is 12.1 Å². The van der Waals surface area contributed by atoms with E-state index in [4.69, 9.17) is 11.6 Å². The van der Waals surface area contributed by atoms with Crippen molar-refractivity contribution >= 4 is 17.3 Å². The Balaban J connectivity index is 2.00. The first-order valence-corrected chi connectivity index (χ1v) is 7.23. The van der Waals surface area contributed by atoms with E-state index < -0.39 is 10.3 Å². The van der Waals surface area contributed by atoms with Gasteiger partial charge >= 0.3 is 0 Å². The van der Waals surface area contributed by atoms with Gasteiger partial charge in [0.15, 0.2) is 5.41 Å². The zero-order valence-corrected chi connectivity index (χ0v) is 12.6. The normalized spacial score (nSPS) is 21.0. The maximum absolute atomic E-state index is 10.7. The van der Waals surface area contributed by atoms with Gasteiger partial charge in [-0.2, -0.15) is 10.5 Å². The van der Waals surface area contributed by atoms with Crippen LogP contribution < -0.4 is 0 Å². The minimum atomic E-state index is -1.15. The zero-order valence-electron chi connectivity index (χ0n) is 11.8. The number of hydrogen-bond acceptors (Lipinski definition) is 4. The monoisotopic (exact) mass is 323 g/mol. The molecule has 0 heterocycles. The van der Waals surface area contributed by atoms with Crippen molar-refractivity contribution in [2.45, 2.75) is 11.8 Å². The Morgan fingerprint density at radius 3 is 1.78 bits per heavy atom. The second kappa shape index (κ2) is 5.39. The summed E-state index contributed by atoms with van der Waals surface area (Å²) in [6, 6.07) is 17.3. The van der Waals surface area contributed by atoms with Crippen LogP contribution in [0.15, 0.2) is 48.5 Å². The molecule has 112 valence electrons. The molecule has 2 aromatic carbocycles. The van der Waals surface area contributed by atoms with Crippen LogP contribution in [0.2, 0.25) is 5.02 Å². The lowest BCUT2D eigenvalue weighted by Gasteiger charge is -2.00. The van der Waals surface area contributed by atoms with Crippen LogP contribution >= 0.6 is 11.6 Å². The van der Waals surface area contributed by atoms with Crippen LogP contribution in [0.4, 0.5) is 5.69 Å². The van der Waals surface area contributed by atoms with Gasteiger partial charge in [0.2, 0.25) is 0 Å². The van der Waals surface area contributed by atoms with E-state index in [0.29, 0.717) is 5.02 Å². The Bertz CT molecular complexity index is 833. The van der Waals surface area contributed by atoms with Crippen molar-refractivity contribution in [1.82, 2.24) is 0 Å². The van der Waals surface area contributed by atoms with Crippen molar-refractivity contribution in [1.29, 1.82) is 10.5 Å². The van der Waals surface area contributed by atoms with Gasteiger partial charge in [0, 0.05) is 29.0 Å². The predicted octanol–water partition coefficient (Wildman–Crippen LogP) is 4.16. The Kier molecular flexibility index (Phi) is 3.52. The number of hydrogen-bond donors (Lipinski definition) is 0. The van der Waals surface area contributed by atoms with Crippen molar-refractivity contribution in [3.8, 4) is 12.1 Å². The average molecular weight is 324 g/mol. The Hall–Kier alpha value is -2.89. The Morgan fingerprint density at radius 2 is 1.39 bits per heavy atom. The van der Waals surface area contributed by atoms with Gasteiger partial charge < -0.3 is 0 Å². The number of nitro benzene ring substituents is 1. The van der Waals surface area contributed by atoms with Crippen molar-refractivity contribution < 1.29 is 4.92 Å². The lowest BCUT2D eigenvalue weighted by molar-refractivity contribution is -0.384. The van der Waals surface area contributed by atoms with E-state index >= 15 is 0 Å². The largest absolute Gasteiger partial charge is 0.269 e. The molecule has 1 saturated carbocycles. The molecule has 1 fully saturated rings. The molecule has 0 bridgehead atoms. The summed E-state index contributed by atoms with van der Waals surface area (Å²) >= 11 is 5.88. The summed E-state index contributed by atoms with van der Waals surface area (Å²) in [7, 11) is 0. The molecule has 0 aromatic heterocycles. The first-order valence-electron chi connectivity index (χ1n) is 6.86. The minimum absolute atomic E-state index is 0.0167. The van der Waals surface area contributed by atoms with Crippen LogP contribution in [0.3, 0.4) is 0 Å². The minimum Gasteiger partial charge on any atom is -0.258 e. The lowest BCUT2D eigenvalue weighted by atomic mass is 10.0. The van der Waals surface area contributed by atoms with Crippen LogP contribution in [-0.4, -0.2) is 4.92 Å². The average Bonchev–Trinajstić information content (AvgIpc) is 3.25. The maximum atomic E-state index is 10.7. The fourth-order valence-electron chi connectivity index (χ4n) is 3.08. The topological polar surface area (TPSA) is 90.7 Å². The molecule has 2 atom stereocenters. The number of rotatable bonds is 3. The Labute approximate surface area is 137 Å². The quantitative estimate of drug-likeness (QED) is 0.626. The van der Waals surface area contributed by atoms with Crippen LogP contribution in [0, 0.1) is 38.2 Å². The van der Waals surface area contributed by atoms with Gasteiger partial charge in [0.1, 0.15) is 0 Å². The van der Waals surface area contributed by atoms with Crippen LogP contribution in [0.1, 0.15) is 23.0 Å². The molecule has 3 rings (SSSR count). The molecule has 0 N–H and O–H groups in total. The van der Waals surface area contributed by atoms with Gasteiger partial charge in [-0.15, -0.1) is 0 Å². The summed E-state index contributed by atoms with van der Waals surface area (Å²) in [4.78, 5) is 10.3. The third-order valence-corrected chi connectivity index (χ3v) is 4.52. The summed E-state index contributed by atoms with van der Waals surface area (Å²) in [5.74, 6) is -0.573. The van der Waals surface area contributed by atoms with Crippen molar-refractivity contribution in [2.24, 2.45) is 5.41 Å². The zero-order chi connectivity index (χ0) is 16.6. The number of halogens is 1. The molecule has 5 nitrogen and oxygen atoms in total. The third-order valence-electron chi connectivity index (χ3n) is 4.27. The number of nitrogens with zero attached hydrogens (tertiary/aromatic N) is 3. The molecule has 0 saturated heterocycles. The van der Waals surface area contributed by atoms with E-state index in [1.54, 1.807) is 24.3 Å². The first-order chi connectivity index (χ1) is 11.0. The molecule has 1 aliphatic rings. The lowest BCUT2D eigenvalue weighted by Crippen LogP contribution is -1.97. The summed E-state index contributed by atoms with van der Waals surface area (Å²) < 4.78 is 0. The number of nitriles is 2. The van der Waals surface area contributed by atoms with E-state index in [9.17, 15) is 20.6 Å². The van der Waals surface area contributed by atoms with Crippen LogP contribution in [0.25, 0.3) is 0 Å².